The van der Waals surface area contributed by atoms with Crippen molar-refractivity contribution in [3.05, 3.63) is 60.4 Å². The molecule has 0 aromatic heterocycles. The second kappa shape index (κ2) is 10.8. The number of hydrogen-bond acceptors (Lipinski definition) is 5. The summed E-state index contributed by atoms with van der Waals surface area (Å²) in [5.74, 6) is -1.06. The second-order valence-electron chi connectivity index (χ2n) is 8.65. The number of rotatable bonds is 10. The molecule has 1 fully saturated rings. The zero-order valence-corrected chi connectivity index (χ0v) is 18.4. The van der Waals surface area contributed by atoms with E-state index in [1.807, 2.05) is 13.0 Å². The lowest BCUT2D eigenvalue weighted by atomic mass is 9.88. The highest BCUT2D eigenvalue weighted by molar-refractivity contribution is 5.77. The van der Waals surface area contributed by atoms with Crippen LogP contribution in [0.15, 0.2) is 60.4 Å². The highest BCUT2D eigenvalue weighted by Crippen LogP contribution is 2.36. The summed E-state index contributed by atoms with van der Waals surface area (Å²) in [6, 6.07) is 8.79. The third kappa shape index (κ3) is 7.08. The summed E-state index contributed by atoms with van der Waals surface area (Å²) >= 11 is 0. The third-order valence-corrected chi connectivity index (χ3v) is 5.97. The van der Waals surface area contributed by atoms with Crippen molar-refractivity contribution in [2.45, 2.75) is 69.9 Å². The molecule has 0 saturated heterocycles. The van der Waals surface area contributed by atoms with Crippen LogP contribution >= 0.6 is 0 Å². The van der Waals surface area contributed by atoms with Crippen molar-refractivity contribution in [1.82, 2.24) is 0 Å². The first-order valence-electron chi connectivity index (χ1n) is 10.7. The number of aliphatic hydroxyl groups excluding tert-OH is 2. The molecule has 6 heteroatoms. The molecule has 0 spiro atoms. The number of benzene rings is 1. The first kappa shape index (κ1) is 24.9. The lowest BCUT2D eigenvalue weighted by Gasteiger charge is -2.24. The molecular formula is C25H34O6. The highest BCUT2D eigenvalue weighted by Gasteiger charge is 2.39. The van der Waals surface area contributed by atoms with Crippen molar-refractivity contribution in [3.63, 3.8) is 0 Å². The van der Waals surface area contributed by atoms with Gasteiger partial charge >= 0.3 is 5.97 Å². The molecule has 0 amide bonds. The van der Waals surface area contributed by atoms with E-state index in [0.29, 0.717) is 18.6 Å². The number of hydrogen-bond donors (Lipinski definition) is 4. The SMILES string of the molecule is CCC(C)([16OH])C=C[C@@H]1[C@@H](CC=C=CCC(C)(Oc2ccccc2)C(=O)O)[C@@H]([16OH])C[C@H]1[16OH]. The van der Waals surface area contributed by atoms with E-state index in [1.165, 1.54) is 6.92 Å². The van der Waals surface area contributed by atoms with Crippen LogP contribution in [0.2, 0.25) is 0 Å². The van der Waals surface area contributed by atoms with Gasteiger partial charge in [-0.15, -0.1) is 5.73 Å². The van der Waals surface area contributed by atoms with Gasteiger partial charge in [0.1, 0.15) is 5.75 Å². The first-order valence-corrected chi connectivity index (χ1v) is 10.7. The van der Waals surface area contributed by atoms with Crippen molar-refractivity contribution in [3.8, 4) is 5.75 Å². The molecule has 0 heterocycles. The summed E-state index contributed by atoms with van der Waals surface area (Å²) in [5, 5.41) is 40.4. The summed E-state index contributed by atoms with van der Waals surface area (Å²) in [6.45, 7) is 5.09. The molecule has 6 nitrogen and oxygen atoms in total. The van der Waals surface area contributed by atoms with Gasteiger partial charge in [0.15, 0.2) is 0 Å². The number of aliphatic hydroxyl groups is 3. The summed E-state index contributed by atoms with van der Waals surface area (Å²) in [5.41, 5.74) is 0.609. The molecule has 1 aromatic carbocycles. The number of para-hydroxylation sites is 1. The van der Waals surface area contributed by atoms with Crippen molar-refractivity contribution >= 4 is 5.97 Å². The number of carboxylic acids is 1. The van der Waals surface area contributed by atoms with Gasteiger partial charge in [-0.05, 0) is 56.9 Å². The lowest BCUT2D eigenvalue weighted by Crippen LogP contribution is -2.40. The predicted molar refractivity (Wildman–Crippen MR) is 119 cm³/mol. The van der Waals surface area contributed by atoms with Gasteiger partial charge in [0, 0.05) is 18.8 Å². The minimum atomic E-state index is -1.43. The Morgan fingerprint density at radius 2 is 1.87 bits per heavy atom. The van der Waals surface area contributed by atoms with Crippen LogP contribution < -0.4 is 4.74 Å². The van der Waals surface area contributed by atoms with Crippen molar-refractivity contribution in [1.29, 1.82) is 0 Å². The number of ether oxygens (including phenoxy) is 1. The van der Waals surface area contributed by atoms with Gasteiger partial charge < -0.3 is 25.2 Å². The number of carboxylic acid groups (broad SMARTS) is 1. The molecular weight excluding hydrogens is 396 g/mol. The second-order valence-corrected chi connectivity index (χ2v) is 8.65. The number of carbonyl (C=O) groups is 1. The Morgan fingerprint density at radius 1 is 1.19 bits per heavy atom. The summed E-state index contributed by atoms with van der Waals surface area (Å²) < 4.78 is 5.68. The van der Waals surface area contributed by atoms with Crippen LogP contribution in [-0.2, 0) is 4.79 Å². The molecule has 0 radical (unpaired) electrons. The third-order valence-electron chi connectivity index (χ3n) is 5.97. The normalized spacial score (nSPS) is 27.2. The van der Waals surface area contributed by atoms with Crippen LogP contribution in [0.1, 0.15) is 46.5 Å². The fourth-order valence-corrected chi connectivity index (χ4v) is 3.61. The molecule has 4 N–H and O–H groups in total. The Kier molecular flexibility index (Phi) is 8.66. The molecule has 1 saturated carbocycles. The Balaban J connectivity index is 2.03. The molecule has 2 rings (SSSR count). The fraction of sp³-hybridized carbons (Fsp3) is 0.520. The maximum Gasteiger partial charge on any atom is 0.348 e. The highest BCUT2D eigenvalue weighted by atomic mass is 16.5. The Labute approximate surface area is 184 Å². The summed E-state index contributed by atoms with van der Waals surface area (Å²) in [4.78, 5) is 11.7. The van der Waals surface area contributed by atoms with Crippen molar-refractivity contribution < 1.29 is 30.0 Å². The van der Waals surface area contributed by atoms with Crippen LogP contribution in [0.3, 0.4) is 0 Å². The predicted octanol–water partition coefficient (Wildman–Crippen LogP) is 3.48. The van der Waals surface area contributed by atoms with E-state index in [1.54, 1.807) is 55.5 Å². The topological polar surface area (TPSA) is 107 Å². The molecule has 6 atom stereocenters. The Bertz CT molecular complexity index is 809. The van der Waals surface area contributed by atoms with Crippen LogP contribution in [0.4, 0.5) is 0 Å². The van der Waals surface area contributed by atoms with Gasteiger partial charge in [-0.25, -0.2) is 4.79 Å². The Hall–Kier alpha value is -2.37. The van der Waals surface area contributed by atoms with E-state index in [0.717, 1.165) is 0 Å². The van der Waals surface area contributed by atoms with E-state index in [2.05, 4.69) is 5.73 Å². The molecule has 170 valence electrons. The summed E-state index contributed by atoms with van der Waals surface area (Å²) in [7, 11) is 0. The molecule has 1 aromatic rings. The average Bonchev–Trinajstić information content (AvgIpc) is 2.99. The lowest BCUT2D eigenvalue weighted by molar-refractivity contribution is -0.153. The zero-order valence-electron chi connectivity index (χ0n) is 18.4. The average molecular weight is 431 g/mol. The minimum absolute atomic E-state index is 0.117. The van der Waals surface area contributed by atoms with Crippen LogP contribution in [-0.4, -0.2) is 49.8 Å². The minimum Gasteiger partial charge on any atom is -0.478 e. The zero-order chi connectivity index (χ0) is 23.1. The van der Waals surface area contributed by atoms with E-state index in [9.17, 15) is 25.2 Å². The molecule has 0 aliphatic heterocycles. The van der Waals surface area contributed by atoms with Gasteiger partial charge in [0.25, 0.3) is 0 Å². The van der Waals surface area contributed by atoms with E-state index in [-0.39, 0.29) is 24.7 Å². The maximum absolute atomic E-state index is 11.7. The molecule has 1 aliphatic rings. The van der Waals surface area contributed by atoms with Crippen LogP contribution in [0.5, 0.6) is 5.75 Å². The van der Waals surface area contributed by atoms with Gasteiger partial charge in [-0.3, -0.25) is 0 Å². The molecule has 31 heavy (non-hydrogen) atoms. The maximum atomic E-state index is 11.7. The fourth-order valence-electron chi connectivity index (χ4n) is 3.61. The van der Waals surface area contributed by atoms with Gasteiger partial charge in [-0.2, -0.15) is 0 Å². The Morgan fingerprint density at radius 3 is 2.48 bits per heavy atom. The number of aliphatic carboxylic acids is 1. The van der Waals surface area contributed by atoms with Gasteiger partial charge in [0.2, 0.25) is 5.60 Å². The van der Waals surface area contributed by atoms with Gasteiger partial charge in [-0.1, -0.05) is 37.3 Å². The van der Waals surface area contributed by atoms with Crippen LogP contribution in [0.25, 0.3) is 0 Å². The molecule has 1 aliphatic carbocycles. The molecule has 2 unspecified atom stereocenters. The molecule has 0 bridgehead atoms. The largest absolute Gasteiger partial charge is 0.478 e. The van der Waals surface area contributed by atoms with Gasteiger partial charge in [0.05, 0.1) is 17.8 Å². The van der Waals surface area contributed by atoms with E-state index >= 15 is 0 Å². The summed E-state index contributed by atoms with van der Waals surface area (Å²) in [6.07, 6.45) is 6.94. The quantitative estimate of drug-likeness (QED) is 0.334. The standard InChI is InChI=1S/C25H34O6/c1-4-24(2,30)16-14-20-19(21(26)17-22(20)27)13-9-6-10-15-25(3,23(28)29)31-18-11-7-5-8-12-18/h5,7-12,14,16,19-22,26-27,30H,4,13,15,17H2,1-3H3,(H,28,29)/t6?,19-,20-,21+,22-,24?,25?/m1/s1/i26+0,27+0,30+0. The van der Waals surface area contributed by atoms with E-state index < -0.39 is 29.4 Å². The smallest absolute Gasteiger partial charge is 0.348 e. The van der Waals surface area contributed by atoms with E-state index in [4.69, 9.17) is 4.74 Å². The monoisotopic (exact) mass is 430 g/mol. The first-order chi connectivity index (χ1) is 14.6. The van der Waals surface area contributed by atoms with Crippen molar-refractivity contribution in [2.75, 3.05) is 0 Å². The van der Waals surface area contributed by atoms with Crippen LogP contribution in [0, 0.1) is 11.8 Å². The van der Waals surface area contributed by atoms with Crippen molar-refractivity contribution in [2.24, 2.45) is 11.8 Å².